The molecule has 0 aliphatic heterocycles. The van der Waals surface area contributed by atoms with Gasteiger partial charge in [-0.15, -0.1) is 0 Å². The summed E-state index contributed by atoms with van der Waals surface area (Å²) in [5.74, 6) is 0.113. The smallest absolute Gasteiger partial charge is 0.335 e. The molecule has 8 nitrogen and oxygen atoms in total. The van der Waals surface area contributed by atoms with Crippen LogP contribution in [0.4, 0.5) is 11.4 Å². The van der Waals surface area contributed by atoms with E-state index in [1.807, 2.05) is 0 Å². The Labute approximate surface area is 160 Å². The average Bonchev–Trinajstić information content (AvgIpc) is 2.67. The highest BCUT2D eigenvalue weighted by Gasteiger charge is 2.19. The van der Waals surface area contributed by atoms with Crippen molar-refractivity contribution in [3.8, 4) is 17.3 Å². The second-order valence-electron chi connectivity index (χ2n) is 6.00. The number of aromatic hydroxyl groups is 1. The molecule has 1 heterocycles. The van der Waals surface area contributed by atoms with E-state index in [1.54, 1.807) is 55.5 Å². The van der Waals surface area contributed by atoms with Crippen LogP contribution in [0.15, 0.2) is 63.1 Å². The van der Waals surface area contributed by atoms with E-state index in [0.717, 1.165) is 4.57 Å². The van der Waals surface area contributed by atoms with E-state index in [9.17, 15) is 14.7 Å². The lowest BCUT2D eigenvalue weighted by atomic mass is 10.1. The van der Waals surface area contributed by atoms with E-state index < -0.39 is 17.1 Å². The van der Waals surface area contributed by atoms with Gasteiger partial charge in [0.05, 0.1) is 24.2 Å². The van der Waals surface area contributed by atoms with Crippen LogP contribution in [0, 0.1) is 0 Å². The Morgan fingerprint density at radius 2 is 1.93 bits per heavy atom. The molecule has 8 heteroatoms. The van der Waals surface area contributed by atoms with Crippen LogP contribution in [0.3, 0.4) is 0 Å². The molecule has 0 aliphatic rings. The van der Waals surface area contributed by atoms with E-state index in [-0.39, 0.29) is 5.56 Å². The van der Waals surface area contributed by atoms with Gasteiger partial charge in [-0.05, 0) is 48.9 Å². The minimum Gasteiger partial charge on any atom is -0.497 e. The van der Waals surface area contributed by atoms with E-state index in [1.165, 1.54) is 7.11 Å². The molecule has 3 rings (SSSR count). The number of nitrogens with two attached hydrogens (primary N) is 1. The molecule has 0 atom stereocenters. The Balaban J connectivity index is 2.20. The minimum atomic E-state index is -0.754. The zero-order valence-electron chi connectivity index (χ0n) is 15.5. The fourth-order valence-corrected chi connectivity index (χ4v) is 2.82. The number of hydrogen-bond acceptors (Lipinski definition) is 6. The predicted octanol–water partition coefficient (Wildman–Crippen LogP) is 2.35. The highest BCUT2D eigenvalue weighted by Crippen LogP contribution is 2.23. The van der Waals surface area contributed by atoms with E-state index in [4.69, 9.17) is 10.5 Å². The molecule has 0 saturated heterocycles. The second kappa shape index (κ2) is 7.83. The number of aliphatic imine (C=N–C) groups is 1. The number of aromatic nitrogens is 2. The van der Waals surface area contributed by atoms with Gasteiger partial charge < -0.3 is 15.6 Å². The van der Waals surface area contributed by atoms with Gasteiger partial charge in [-0.2, -0.15) is 0 Å². The number of benzene rings is 2. The summed E-state index contributed by atoms with van der Waals surface area (Å²) in [5, 5.41) is 10.8. The standard InChI is InChI=1S/C20H20N4O4/c1-3-16(22-13-6-4-5-12(21)11-13)17-18(25)23-20(27)24(19(17)26)14-7-9-15(28-2)10-8-14/h4-11,26H,3,21H2,1-2H3,(H,23,25,27). The summed E-state index contributed by atoms with van der Waals surface area (Å²) in [7, 11) is 1.52. The molecule has 0 unspecified atom stereocenters. The molecule has 144 valence electrons. The first-order chi connectivity index (χ1) is 13.4. The van der Waals surface area contributed by atoms with Crippen molar-refractivity contribution in [1.82, 2.24) is 9.55 Å². The molecule has 0 fully saturated rings. The number of ether oxygens (including phenoxy) is 1. The van der Waals surface area contributed by atoms with Gasteiger partial charge in [-0.1, -0.05) is 13.0 Å². The molecule has 4 N–H and O–H groups in total. The number of H-pyrrole nitrogens is 1. The number of nitrogens with zero attached hydrogens (tertiary/aromatic N) is 2. The van der Waals surface area contributed by atoms with Gasteiger partial charge in [0, 0.05) is 5.69 Å². The van der Waals surface area contributed by atoms with Crippen LogP contribution in [0.2, 0.25) is 0 Å². The Morgan fingerprint density at radius 1 is 1.21 bits per heavy atom. The lowest BCUT2D eigenvalue weighted by molar-refractivity contribution is 0.414. The van der Waals surface area contributed by atoms with Crippen LogP contribution < -0.4 is 21.7 Å². The van der Waals surface area contributed by atoms with Gasteiger partial charge in [0.2, 0.25) is 5.88 Å². The molecule has 0 radical (unpaired) electrons. The summed E-state index contributed by atoms with van der Waals surface area (Å²) in [6.45, 7) is 1.80. The average molecular weight is 380 g/mol. The largest absolute Gasteiger partial charge is 0.497 e. The van der Waals surface area contributed by atoms with Gasteiger partial charge in [-0.3, -0.25) is 14.8 Å². The number of rotatable bonds is 5. The number of methoxy groups -OCH3 is 1. The van der Waals surface area contributed by atoms with Gasteiger partial charge in [0.1, 0.15) is 11.3 Å². The van der Waals surface area contributed by atoms with Gasteiger partial charge in [0.15, 0.2) is 0 Å². The summed E-state index contributed by atoms with van der Waals surface area (Å²) in [6.07, 6.45) is 0.353. The Morgan fingerprint density at radius 3 is 2.54 bits per heavy atom. The van der Waals surface area contributed by atoms with Crippen molar-refractivity contribution in [3.63, 3.8) is 0 Å². The molecule has 3 aromatic rings. The molecule has 0 amide bonds. The Kier molecular flexibility index (Phi) is 5.30. The maximum Gasteiger partial charge on any atom is 0.335 e. The third-order valence-corrected chi connectivity index (χ3v) is 4.17. The summed E-state index contributed by atoms with van der Waals surface area (Å²) >= 11 is 0. The van der Waals surface area contributed by atoms with Crippen LogP contribution in [0.25, 0.3) is 5.69 Å². The molecule has 0 bridgehead atoms. The third kappa shape index (κ3) is 3.66. The summed E-state index contributed by atoms with van der Waals surface area (Å²) < 4.78 is 6.12. The number of anilines is 1. The normalized spacial score (nSPS) is 11.4. The molecule has 0 aliphatic carbocycles. The minimum absolute atomic E-state index is 0.0691. The second-order valence-corrected chi connectivity index (χ2v) is 6.00. The summed E-state index contributed by atoms with van der Waals surface area (Å²) in [4.78, 5) is 31.5. The van der Waals surface area contributed by atoms with Gasteiger partial charge in [0.25, 0.3) is 5.56 Å². The Hall–Kier alpha value is -3.81. The highest BCUT2D eigenvalue weighted by atomic mass is 16.5. The van der Waals surface area contributed by atoms with Crippen molar-refractivity contribution < 1.29 is 9.84 Å². The number of nitrogens with one attached hydrogen (secondary N) is 1. The molecule has 0 spiro atoms. The lowest BCUT2D eigenvalue weighted by Crippen LogP contribution is -2.33. The lowest BCUT2D eigenvalue weighted by Gasteiger charge is -2.13. The molecular formula is C20H20N4O4. The van der Waals surface area contributed by atoms with Crippen molar-refractivity contribution in [2.24, 2.45) is 4.99 Å². The van der Waals surface area contributed by atoms with Gasteiger partial charge >= 0.3 is 5.69 Å². The van der Waals surface area contributed by atoms with Crippen LogP contribution in [-0.4, -0.2) is 27.5 Å². The van der Waals surface area contributed by atoms with Crippen molar-refractivity contribution in [2.75, 3.05) is 12.8 Å². The predicted molar refractivity (Wildman–Crippen MR) is 108 cm³/mol. The van der Waals surface area contributed by atoms with E-state index in [0.29, 0.717) is 34.9 Å². The fourth-order valence-electron chi connectivity index (χ4n) is 2.82. The first-order valence-corrected chi connectivity index (χ1v) is 8.60. The fraction of sp³-hybridized carbons (Fsp3) is 0.150. The SMILES string of the molecule is CCC(=Nc1cccc(N)c1)c1c(O)n(-c2ccc(OC)cc2)c(=O)[nH]c1=O. The topological polar surface area (TPSA) is 123 Å². The van der Waals surface area contributed by atoms with E-state index in [2.05, 4.69) is 9.98 Å². The quantitative estimate of drug-likeness (QED) is 0.463. The molecule has 2 aromatic carbocycles. The third-order valence-electron chi connectivity index (χ3n) is 4.17. The monoisotopic (exact) mass is 380 g/mol. The zero-order valence-corrected chi connectivity index (χ0v) is 15.5. The van der Waals surface area contributed by atoms with Crippen LogP contribution >= 0.6 is 0 Å². The maximum absolute atomic E-state index is 12.4. The highest BCUT2D eigenvalue weighted by molar-refractivity contribution is 6.03. The molecule has 28 heavy (non-hydrogen) atoms. The van der Waals surface area contributed by atoms with Crippen molar-refractivity contribution in [1.29, 1.82) is 0 Å². The first kappa shape index (κ1) is 19.0. The Bertz CT molecular complexity index is 1140. The van der Waals surface area contributed by atoms with Crippen LogP contribution in [0.1, 0.15) is 18.9 Å². The van der Waals surface area contributed by atoms with Crippen LogP contribution in [0.5, 0.6) is 11.6 Å². The number of nitrogen functional groups attached to an aromatic ring is 1. The summed E-state index contributed by atoms with van der Waals surface area (Å²) in [6, 6.07) is 13.3. The van der Waals surface area contributed by atoms with E-state index >= 15 is 0 Å². The van der Waals surface area contributed by atoms with Crippen molar-refractivity contribution in [3.05, 3.63) is 74.9 Å². The first-order valence-electron chi connectivity index (χ1n) is 8.60. The maximum atomic E-state index is 12.4. The summed E-state index contributed by atoms with van der Waals surface area (Å²) in [5.41, 5.74) is 6.01. The van der Waals surface area contributed by atoms with Crippen molar-refractivity contribution >= 4 is 17.1 Å². The number of aromatic amines is 1. The zero-order chi connectivity index (χ0) is 20.3. The number of hydrogen-bond donors (Lipinski definition) is 3. The molecule has 0 saturated carbocycles. The molecule has 1 aromatic heterocycles. The van der Waals surface area contributed by atoms with Crippen LogP contribution in [-0.2, 0) is 0 Å². The van der Waals surface area contributed by atoms with Crippen molar-refractivity contribution in [2.45, 2.75) is 13.3 Å². The molecular weight excluding hydrogens is 360 g/mol. The van der Waals surface area contributed by atoms with Gasteiger partial charge in [-0.25, -0.2) is 9.36 Å².